The lowest BCUT2D eigenvalue weighted by Crippen LogP contribution is -2.51. The first-order valence-electron chi connectivity index (χ1n) is 9.13. The van der Waals surface area contributed by atoms with Gasteiger partial charge in [-0.2, -0.15) is 0 Å². The second kappa shape index (κ2) is 8.39. The first-order chi connectivity index (χ1) is 12.2. The fourth-order valence-corrected chi connectivity index (χ4v) is 3.78. The van der Waals surface area contributed by atoms with Crippen molar-refractivity contribution in [2.24, 2.45) is 0 Å². The van der Waals surface area contributed by atoms with E-state index in [1.54, 1.807) is 20.3 Å². The van der Waals surface area contributed by atoms with Gasteiger partial charge in [0.2, 0.25) is 5.91 Å². The second-order valence-electron chi connectivity index (χ2n) is 6.78. The average molecular weight is 344 g/mol. The highest BCUT2D eigenvalue weighted by atomic mass is 16.5. The van der Waals surface area contributed by atoms with Crippen LogP contribution in [0, 0.1) is 0 Å². The number of nitrogens with zero attached hydrogens (tertiary/aromatic N) is 2. The molecule has 1 aliphatic carbocycles. The molecule has 0 unspecified atom stereocenters. The molecule has 5 nitrogen and oxygen atoms in total. The molecule has 1 aromatic carbocycles. The maximum Gasteiger partial charge on any atom is 0.246 e. The van der Waals surface area contributed by atoms with Crippen LogP contribution in [0.25, 0.3) is 6.08 Å². The topological polar surface area (TPSA) is 42.0 Å². The molecule has 1 saturated heterocycles. The first-order valence-corrected chi connectivity index (χ1v) is 9.13. The van der Waals surface area contributed by atoms with Gasteiger partial charge in [0, 0.05) is 44.4 Å². The molecule has 2 aliphatic rings. The molecule has 0 spiro atoms. The van der Waals surface area contributed by atoms with Gasteiger partial charge in [0.25, 0.3) is 0 Å². The Balaban J connectivity index is 1.56. The van der Waals surface area contributed by atoms with Gasteiger partial charge in [-0.1, -0.05) is 12.8 Å². The average Bonchev–Trinajstić information content (AvgIpc) is 3.20. The van der Waals surface area contributed by atoms with E-state index >= 15 is 0 Å². The molecule has 1 amide bonds. The van der Waals surface area contributed by atoms with Crippen molar-refractivity contribution in [1.29, 1.82) is 0 Å². The lowest BCUT2D eigenvalue weighted by atomic mass is 10.1. The molecule has 1 heterocycles. The van der Waals surface area contributed by atoms with Gasteiger partial charge < -0.3 is 14.4 Å². The van der Waals surface area contributed by atoms with E-state index in [2.05, 4.69) is 4.90 Å². The summed E-state index contributed by atoms with van der Waals surface area (Å²) >= 11 is 0. The highest BCUT2D eigenvalue weighted by molar-refractivity contribution is 5.92. The summed E-state index contributed by atoms with van der Waals surface area (Å²) in [5, 5.41) is 0. The van der Waals surface area contributed by atoms with Gasteiger partial charge in [0.1, 0.15) is 11.5 Å². The number of amides is 1. The summed E-state index contributed by atoms with van der Waals surface area (Å²) in [6.45, 7) is 3.64. The molecule has 0 bridgehead atoms. The van der Waals surface area contributed by atoms with Gasteiger partial charge in [0.15, 0.2) is 0 Å². The molecule has 0 radical (unpaired) electrons. The van der Waals surface area contributed by atoms with E-state index in [1.807, 2.05) is 29.2 Å². The number of benzene rings is 1. The van der Waals surface area contributed by atoms with Gasteiger partial charge in [-0.05, 0) is 36.6 Å². The summed E-state index contributed by atoms with van der Waals surface area (Å²) in [6.07, 6.45) is 8.85. The number of carbonyl (C=O) groups is 1. The van der Waals surface area contributed by atoms with Crippen molar-refractivity contribution >= 4 is 12.0 Å². The minimum absolute atomic E-state index is 0.0767. The van der Waals surface area contributed by atoms with Crippen molar-refractivity contribution in [3.05, 3.63) is 29.8 Å². The van der Waals surface area contributed by atoms with Gasteiger partial charge in [-0.15, -0.1) is 0 Å². The second-order valence-corrected chi connectivity index (χ2v) is 6.78. The van der Waals surface area contributed by atoms with Crippen LogP contribution < -0.4 is 9.47 Å². The van der Waals surface area contributed by atoms with Crippen molar-refractivity contribution in [2.45, 2.75) is 31.7 Å². The van der Waals surface area contributed by atoms with Crippen LogP contribution in [0.4, 0.5) is 0 Å². The third-order valence-corrected chi connectivity index (χ3v) is 5.26. The summed E-state index contributed by atoms with van der Waals surface area (Å²) in [5.74, 6) is 1.51. The normalized spacial score (nSPS) is 19.5. The van der Waals surface area contributed by atoms with E-state index in [4.69, 9.17) is 9.47 Å². The lowest BCUT2D eigenvalue weighted by Gasteiger charge is -2.37. The largest absolute Gasteiger partial charge is 0.497 e. The maximum absolute atomic E-state index is 12.5. The Bertz CT molecular complexity index is 593. The molecule has 0 N–H and O–H groups in total. The van der Waals surface area contributed by atoms with E-state index in [-0.39, 0.29) is 5.91 Å². The zero-order valence-corrected chi connectivity index (χ0v) is 15.2. The van der Waals surface area contributed by atoms with Crippen LogP contribution in [-0.4, -0.2) is 62.1 Å². The van der Waals surface area contributed by atoms with Crippen LogP contribution in [0.2, 0.25) is 0 Å². The minimum atomic E-state index is 0.0767. The SMILES string of the molecule is COc1cc(/C=C\C(=O)N2CCN(C3CCCC3)CC2)cc(OC)c1. The summed E-state index contributed by atoms with van der Waals surface area (Å²) in [6, 6.07) is 6.35. The van der Waals surface area contributed by atoms with Crippen LogP contribution in [-0.2, 0) is 4.79 Å². The Morgan fingerprint density at radius 3 is 2.16 bits per heavy atom. The molecular formula is C20H28N2O3. The monoisotopic (exact) mass is 344 g/mol. The third-order valence-electron chi connectivity index (χ3n) is 5.26. The number of hydrogen-bond acceptors (Lipinski definition) is 4. The summed E-state index contributed by atoms with van der Waals surface area (Å²) in [4.78, 5) is 17.0. The summed E-state index contributed by atoms with van der Waals surface area (Å²) in [5.41, 5.74) is 0.897. The minimum Gasteiger partial charge on any atom is -0.497 e. The van der Waals surface area contributed by atoms with Crippen molar-refractivity contribution in [1.82, 2.24) is 9.80 Å². The standard InChI is InChI=1S/C20H28N2O3/c1-24-18-13-16(14-19(15-18)25-2)7-8-20(23)22-11-9-21(10-12-22)17-5-3-4-6-17/h7-8,13-15,17H,3-6,9-12H2,1-2H3/b8-7-. The Kier molecular flexibility index (Phi) is 5.97. The van der Waals surface area contributed by atoms with E-state index in [0.29, 0.717) is 0 Å². The molecule has 1 aromatic rings. The molecule has 1 aliphatic heterocycles. The van der Waals surface area contributed by atoms with E-state index in [9.17, 15) is 4.79 Å². The summed E-state index contributed by atoms with van der Waals surface area (Å²) in [7, 11) is 3.24. The zero-order chi connectivity index (χ0) is 17.6. The van der Waals surface area contributed by atoms with Gasteiger partial charge in [-0.3, -0.25) is 9.69 Å². The smallest absolute Gasteiger partial charge is 0.246 e. The highest BCUT2D eigenvalue weighted by Gasteiger charge is 2.27. The van der Waals surface area contributed by atoms with Gasteiger partial charge in [0.05, 0.1) is 14.2 Å². The maximum atomic E-state index is 12.5. The van der Waals surface area contributed by atoms with Gasteiger partial charge >= 0.3 is 0 Å². The molecular weight excluding hydrogens is 316 g/mol. The molecule has 25 heavy (non-hydrogen) atoms. The van der Waals surface area contributed by atoms with Crippen molar-refractivity contribution in [3.8, 4) is 11.5 Å². The van der Waals surface area contributed by atoms with Gasteiger partial charge in [-0.25, -0.2) is 0 Å². The van der Waals surface area contributed by atoms with E-state index in [1.165, 1.54) is 25.7 Å². The van der Waals surface area contributed by atoms with Crippen molar-refractivity contribution < 1.29 is 14.3 Å². The molecule has 136 valence electrons. The lowest BCUT2D eigenvalue weighted by molar-refractivity contribution is -0.127. The van der Waals surface area contributed by atoms with E-state index in [0.717, 1.165) is 49.3 Å². The Morgan fingerprint density at radius 1 is 1.00 bits per heavy atom. The van der Waals surface area contributed by atoms with Crippen LogP contribution in [0.3, 0.4) is 0 Å². The Labute approximate surface area is 150 Å². The number of methoxy groups -OCH3 is 2. The first kappa shape index (κ1) is 17.8. The van der Waals surface area contributed by atoms with Crippen LogP contribution in [0.1, 0.15) is 31.2 Å². The number of hydrogen-bond donors (Lipinski definition) is 0. The molecule has 2 fully saturated rings. The third kappa shape index (κ3) is 4.54. The zero-order valence-electron chi connectivity index (χ0n) is 15.2. The number of ether oxygens (including phenoxy) is 2. The van der Waals surface area contributed by atoms with Crippen LogP contribution >= 0.6 is 0 Å². The van der Waals surface area contributed by atoms with E-state index < -0.39 is 0 Å². The molecule has 0 aromatic heterocycles. The van der Waals surface area contributed by atoms with Crippen LogP contribution in [0.5, 0.6) is 11.5 Å². The Hall–Kier alpha value is -2.01. The fourth-order valence-electron chi connectivity index (χ4n) is 3.78. The molecule has 1 saturated carbocycles. The highest BCUT2D eigenvalue weighted by Crippen LogP contribution is 2.25. The predicted molar refractivity (Wildman–Crippen MR) is 99.0 cm³/mol. The number of rotatable bonds is 5. The predicted octanol–water partition coefficient (Wildman–Crippen LogP) is 2.80. The fraction of sp³-hybridized carbons (Fsp3) is 0.550. The molecule has 0 atom stereocenters. The number of piperazine rings is 1. The van der Waals surface area contributed by atoms with Crippen molar-refractivity contribution in [2.75, 3.05) is 40.4 Å². The Morgan fingerprint density at radius 2 is 1.60 bits per heavy atom. The van der Waals surface area contributed by atoms with Crippen molar-refractivity contribution in [3.63, 3.8) is 0 Å². The number of carbonyl (C=O) groups excluding carboxylic acids is 1. The quantitative estimate of drug-likeness (QED) is 0.771. The van der Waals surface area contributed by atoms with Crippen LogP contribution in [0.15, 0.2) is 24.3 Å². The summed E-state index contributed by atoms with van der Waals surface area (Å²) < 4.78 is 10.5. The molecule has 3 rings (SSSR count). The molecule has 5 heteroatoms.